The molecule has 0 aliphatic carbocycles. The van der Waals surface area contributed by atoms with Gasteiger partial charge in [0.15, 0.2) is 0 Å². The molecule has 0 fully saturated rings. The third-order valence-corrected chi connectivity index (χ3v) is 5.02. The van der Waals surface area contributed by atoms with E-state index in [1.54, 1.807) is 6.07 Å². The van der Waals surface area contributed by atoms with Crippen LogP contribution in [-0.4, -0.2) is 33.5 Å². The fraction of sp³-hybridized carbons (Fsp3) is 0.235. The highest BCUT2D eigenvalue weighted by atomic mass is 35.5. The van der Waals surface area contributed by atoms with Gasteiger partial charge in [-0.15, -0.1) is 0 Å². The molecule has 0 spiro atoms. The molecule has 1 unspecified atom stereocenters. The Labute approximate surface area is 152 Å². The van der Waals surface area contributed by atoms with Crippen LogP contribution in [0.2, 0.25) is 5.02 Å². The van der Waals surface area contributed by atoms with Crippen LogP contribution < -0.4 is 14.8 Å². The van der Waals surface area contributed by atoms with Crippen molar-refractivity contribution in [2.24, 2.45) is 0 Å². The molecule has 1 amide bonds. The zero-order chi connectivity index (χ0) is 18.3. The Morgan fingerprint density at radius 1 is 1.16 bits per heavy atom. The summed E-state index contributed by atoms with van der Waals surface area (Å²) in [5, 5.41) is 2.92. The lowest BCUT2D eigenvalue weighted by Gasteiger charge is -2.15. The molecule has 0 bridgehead atoms. The van der Waals surface area contributed by atoms with Crippen LogP contribution in [0, 0.1) is 0 Å². The summed E-state index contributed by atoms with van der Waals surface area (Å²) in [6, 6.07) is 14.1. The molecule has 0 radical (unpaired) electrons. The Balaban J connectivity index is 1.81. The Bertz CT molecular complexity index is 812. The molecule has 0 saturated carbocycles. The fourth-order valence-electron chi connectivity index (χ4n) is 2.00. The second kappa shape index (κ2) is 8.84. The van der Waals surface area contributed by atoms with Crippen LogP contribution in [0.1, 0.15) is 6.92 Å². The van der Waals surface area contributed by atoms with E-state index in [-0.39, 0.29) is 18.0 Å². The number of benzene rings is 2. The quantitative estimate of drug-likeness (QED) is 0.685. The van der Waals surface area contributed by atoms with E-state index in [2.05, 4.69) is 10.0 Å². The number of carbonyl (C=O) groups excluding carboxylic acids is 1. The largest absolute Gasteiger partial charge is 0.492 e. The summed E-state index contributed by atoms with van der Waals surface area (Å²) in [5.74, 6) is 0.258. The first kappa shape index (κ1) is 19.2. The Morgan fingerprint density at radius 2 is 1.88 bits per heavy atom. The van der Waals surface area contributed by atoms with Gasteiger partial charge in [-0.1, -0.05) is 35.9 Å². The molecule has 0 aliphatic heterocycles. The number of para-hydroxylation sites is 1. The Morgan fingerprint density at radius 3 is 2.56 bits per heavy atom. The third kappa shape index (κ3) is 6.04. The van der Waals surface area contributed by atoms with Crippen molar-refractivity contribution in [1.29, 1.82) is 0 Å². The molecule has 0 aromatic heterocycles. The highest BCUT2D eigenvalue weighted by molar-refractivity contribution is 7.89. The van der Waals surface area contributed by atoms with Gasteiger partial charge in [-0.2, -0.15) is 4.72 Å². The van der Waals surface area contributed by atoms with E-state index in [0.717, 1.165) is 0 Å². The molecule has 2 N–H and O–H groups in total. The summed E-state index contributed by atoms with van der Waals surface area (Å²) in [6.45, 7) is 2.01. The van der Waals surface area contributed by atoms with E-state index in [1.165, 1.54) is 25.1 Å². The maximum Gasteiger partial charge on any atom is 0.241 e. The molecular formula is C17H19ClN2O4S. The van der Waals surface area contributed by atoms with Crippen LogP contribution in [0.3, 0.4) is 0 Å². The number of nitrogens with one attached hydrogen (secondary N) is 2. The fourth-order valence-corrected chi connectivity index (χ4v) is 3.50. The van der Waals surface area contributed by atoms with E-state index in [0.29, 0.717) is 10.8 Å². The summed E-state index contributed by atoms with van der Waals surface area (Å²) in [5.41, 5.74) is 0. The lowest BCUT2D eigenvalue weighted by molar-refractivity contribution is -0.122. The highest BCUT2D eigenvalue weighted by Gasteiger charge is 2.21. The molecule has 2 aromatic rings. The van der Waals surface area contributed by atoms with E-state index in [4.69, 9.17) is 16.3 Å². The SMILES string of the molecule is CC(NS(=O)(=O)c1cccc(Cl)c1)C(=O)NCCOc1ccccc1. The van der Waals surface area contributed by atoms with E-state index < -0.39 is 22.0 Å². The predicted octanol–water partition coefficient (Wildman–Crippen LogP) is 2.20. The van der Waals surface area contributed by atoms with Crippen molar-refractivity contribution in [3.8, 4) is 5.75 Å². The van der Waals surface area contributed by atoms with Crippen molar-refractivity contribution in [3.05, 3.63) is 59.6 Å². The topological polar surface area (TPSA) is 84.5 Å². The number of amides is 1. The van der Waals surface area contributed by atoms with Gasteiger partial charge >= 0.3 is 0 Å². The van der Waals surface area contributed by atoms with Crippen molar-refractivity contribution in [1.82, 2.24) is 10.0 Å². The summed E-state index contributed by atoms with van der Waals surface area (Å²) >= 11 is 5.80. The first-order valence-electron chi connectivity index (χ1n) is 7.62. The molecule has 0 aliphatic rings. The molecule has 2 aromatic carbocycles. The second-order valence-electron chi connectivity index (χ2n) is 5.25. The number of halogens is 1. The van der Waals surface area contributed by atoms with E-state index >= 15 is 0 Å². The lowest BCUT2D eigenvalue weighted by Crippen LogP contribution is -2.45. The zero-order valence-corrected chi connectivity index (χ0v) is 15.2. The number of carbonyl (C=O) groups is 1. The van der Waals surface area contributed by atoms with Gasteiger partial charge in [0, 0.05) is 5.02 Å². The molecule has 2 rings (SSSR count). The number of hydrogen-bond acceptors (Lipinski definition) is 4. The first-order valence-corrected chi connectivity index (χ1v) is 9.48. The minimum Gasteiger partial charge on any atom is -0.492 e. The van der Waals surface area contributed by atoms with Crippen molar-refractivity contribution < 1.29 is 17.9 Å². The summed E-state index contributed by atoms with van der Waals surface area (Å²) in [6.07, 6.45) is 0. The molecule has 1 atom stereocenters. The highest BCUT2D eigenvalue weighted by Crippen LogP contribution is 2.15. The molecular weight excluding hydrogens is 364 g/mol. The van der Waals surface area contributed by atoms with Crippen LogP contribution in [-0.2, 0) is 14.8 Å². The average Bonchev–Trinajstić information content (AvgIpc) is 2.59. The van der Waals surface area contributed by atoms with Gasteiger partial charge in [0.25, 0.3) is 0 Å². The third-order valence-electron chi connectivity index (χ3n) is 3.24. The number of ether oxygens (including phenoxy) is 1. The molecule has 0 heterocycles. The van der Waals surface area contributed by atoms with Gasteiger partial charge < -0.3 is 10.1 Å². The Kier molecular flexibility index (Phi) is 6.81. The molecule has 8 heteroatoms. The maximum atomic E-state index is 12.2. The van der Waals surface area contributed by atoms with Gasteiger partial charge in [-0.05, 0) is 37.3 Å². The van der Waals surface area contributed by atoms with Crippen molar-refractivity contribution >= 4 is 27.5 Å². The van der Waals surface area contributed by atoms with Gasteiger partial charge in [0.2, 0.25) is 15.9 Å². The van der Waals surface area contributed by atoms with Crippen LogP contribution in [0.5, 0.6) is 5.75 Å². The zero-order valence-electron chi connectivity index (χ0n) is 13.6. The van der Waals surface area contributed by atoms with E-state index in [9.17, 15) is 13.2 Å². The first-order chi connectivity index (χ1) is 11.9. The average molecular weight is 383 g/mol. The summed E-state index contributed by atoms with van der Waals surface area (Å²) in [7, 11) is -3.83. The monoisotopic (exact) mass is 382 g/mol. The predicted molar refractivity (Wildman–Crippen MR) is 96.2 cm³/mol. The van der Waals surface area contributed by atoms with Crippen molar-refractivity contribution in [3.63, 3.8) is 0 Å². The van der Waals surface area contributed by atoms with Crippen molar-refractivity contribution in [2.75, 3.05) is 13.2 Å². The van der Waals surface area contributed by atoms with Crippen LogP contribution in [0.15, 0.2) is 59.5 Å². The minimum atomic E-state index is -3.83. The summed E-state index contributed by atoms with van der Waals surface area (Å²) in [4.78, 5) is 12.0. The number of rotatable bonds is 8. The van der Waals surface area contributed by atoms with Crippen LogP contribution in [0.4, 0.5) is 0 Å². The van der Waals surface area contributed by atoms with E-state index in [1.807, 2.05) is 30.3 Å². The normalized spacial score (nSPS) is 12.4. The number of hydrogen-bond donors (Lipinski definition) is 2. The molecule has 6 nitrogen and oxygen atoms in total. The van der Waals surface area contributed by atoms with Gasteiger partial charge in [0.1, 0.15) is 12.4 Å². The Hall–Kier alpha value is -2.09. The standard InChI is InChI=1S/C17H19ClN2O4S/c1-13(20-25(22,23)16-9-5-6-14(18)12-16)17(21)19-10-11-24-15-7-3-2-4-8-15/h2-9,12-13,20H,10-11H2,1H3,(H,19,21). The maximum absolute atomic E-state index is 12.2. The second-order valence-corrected chi connectivity index (χ2v) is 7.40. The van der Waals surface area contributed by atoms with Gasteiger partial charge in [-0.25, -0.2) is 8.42 Å². The van der Waals surface area contributed by atoms with Crippen molar-refractivity contribution in [2.45, 2.75) is 17.9 Å². The summed E-state index contributed by atoms with van der Waals surface area (Å²) < 4.78 is 32.2. The number of sulfonamides is 1. The molecule has 25 heavy (non-hydrogen) atoms. The lowest BCUT2D eigenvalue weighted by atomic mass is 10.3. The smallest absolute Gasteiger partial charge is 0.241 e. The minimum absolute atomic E-state index is 0.00654. The van der Waals surface area contributed by atoms with Crippen LogP contribution in [0.25, 0.3) is 0 Å². The molecule has 134 valence electrons. The van der Waals surface area contributed by atoms with Crippen LogP contribution >= 0.6 is 11.6 Å². The van der Waals surface area contributed by atoms with Gasteiger partial charge in [-0.3, -0.25) is 4.79 Å². The van der Waals surface area contributed by atoms with Gasteiger partial charge in [0.05, 0.1) is 17.5 Å². The molecule has 0 saturated heterocycles.